The molecule has 0 saturated heterocycles. The van der Waals surface area contributed by atoms with E-state index in [1.54, 1.807) is 36.7 Å². The van der Waals surface area contributed by atoms with E-state index in [9.17, 15) is 10.2 Å². The van der Waals surface area contributed by atoms with Crippen LogP contribution in [0.4, 0.5) is 0 Å². The van der Waals surface area contributed by atoms with Crippen LogP contribution in [0, 0.1) is 0 Å². The zero-order chi connectivity index (χ0) is 38.8. The van der Waals surface area contributed by atoms with Gasteiger partial charge in [-0.15, -0.1) is 11.5 Å². The van der Waals surface area contributed by atoms with Crippen LogP contribution < -0.4 is 10.2 Å². The molecule has 4 nitrogen and oxygen atoms in total. The van der Waals surface area contributed by atoms with Crippen LogP contribution >= 0.6 is 0 Å². The van der Waals surface area contributed by atoms with Crippen molar-refractivity contribution in [1.82, 2.24) is 0 Å². The molecule has 0 heterocycles. The summed E-state index contributed by atoms with van der Waals surface area (Å²) in [6.45, 7) is 6.20. The van der Waals surface area contributed by atoms with Gasteiger partial charge in [-0.3, -0.25) is 9.98 Å². The van der Waals surface area contributed by atoms with Gasteiger partial charge < -0.3 is 10.2 Å². The second-order valence-electron chi connectivity index (χ2n) is 15.0. The fourth-order valence-corrected chi connectivity index (χ4v) is 6.40. The van der Waals surface area contributed by atoms with Crippen LogP contribution in [0.25, 0.3) is 0 Å². The minimum Gasteiger partial charge on any atom is -0.872 e. The molecule has 0 aliphatic carbocycles. The first-order valence-corrected chi connectivity index (χ1v) is 22.5. The van der Waals surface area contributed by atoms with Crippen molar-refractivity contribution in [2.24, 2.45) is 9.98 Å². The quantitative estimate of drug-likeness (QED) is 0.0306. The number of unbranched alkanes of at least 4 members (excludes halogenated alkanes) is 24. The van der Waals surface area contributed by atoms with Crippen molar-refractivity contribution in [2.45, 2.75) is 194 Å². The average molecular weight is 805 g/mol. The van der Waals surface area contributed by atoms with Crippen molar-refractivity contribution in [3.63, 3.8) is 0 Å². The number of hydrogen-bond acceptors (Lipinski definition) is 4. The second-order valence-corrected chi connectivity index (χ2v) is 15.0. The van der Waals surface area contributed by atoms with Crippen molar-refractivity contribution in [3.05, 3.63) is 84.0 Å². The molecule has 0 aliphatic heterocycles. The Hall–Kier alpha value is -2.62. The molecule has 0 aliphatic rings. The summed E-state index contributed by atoms with van der Waals surface area (Å²) in [6, 6.07) is 14.1. The third-order valence-corrected chi connectivity index (χ3v) is 9.90. The molecule has 0 unspecified atom stereocenters. The summed E-state index contributed by atoms with van der Waals surface area (Å²) >= 11 is 0. The third-order valence-electron chi connectivity index (χ3n) is 9.90. The van der Waals surface area contributed by atoms with Gasteiger partial charge in [-0.25, -0.2) is 0 Å². The molecule has 0 fully saturated rings. The van der Waals surface area contributed by atoms with Crippen LogP contribution in [0.1, 0.15) is 205 Å². The Morgan fingerprint density at radius 3 is 0.964 bits per heavy atom. The number of benzene rings is 2. The van der Waals surface area contributed by atoms with Gasteiger partial charge in [0.25, 0.3) is 0 Å². The molecule has 2 aromatic carbocycles. The van der Waals surface area contributed by atoms with Gasteiger partial charge in [-0.2, -0.15) is 0 Å². The summed E-state index contributed by atoms with van der Waals surface area (Å²) in [5.74, 6) is 0.115. The van der Waals surface area contributed by atoms with Crippen LogP contribution in [0.15, 0.2) is 82.8 Å². The summed E-state index contributed by atoms with van der Waals surface area (Å²) < 4.78 is 0. The number of para-hydroxylation sites is 2. The molecule has 313 valence electrons. The number of nitrogens with zero attached hydrogens (tertiary/aromatic N) is 2. The van der Waals surface area contributed by atoms with Gasteiger partial charge in [0.05, 0.1) is 0 Å². The molecule has 0 saturated carbocycles. The first-order valence-electron chi connectivity index (χ1n) is 22.5. The van der Waals surface area contributed by atoms with Crippen molar-refractivity contribution in [1.29, 1.82) is 0 Å². The van der Waals surface area contributed by atoms with E-state index in [0.717, 1.165) is 25.9 Å². The van der Waals surface area contributed by atoms with Crippen molar-refractivity contribution in [3.8, 4) is 11.5 Å². The third kappa shape index (κ3) is 35.5. The number of hydrogen-bond donors (Lipinski definition) is 0. The molecule has 0 atom stereocenters. The Morgan fingerprint density at radius 2 is 0.655 bits per heavy atom. The molecule has 5 heteroatoms. The van der Waals surface area contributed by atoms with Gasteiger partial charge in [0, 0.05) is 25.5 Å². The summed E-state index contributed by atoms with van der Waals surface area (Å²) in [5, 5.41) is 23.1. The largest absolute Gasteiger partial charge is 2.00 e. The Labute approximate surface area is 350 Å². The van der Waals surface area contributed by atoms with Gasteiger partial charge in [-0.1, -0.05) is 202 Å². The SMILES string of the molecule is CCCCCCCC/C=C\CCCCCCCCN=Cc1ccccc1[O-].CCCCCCCC/C=C\CCCCCCCCN=Cc1ccccc1[O-].[Cu+2]. The normalized spacial score (nSPS) is 11.5. The fourth-order valence-electron chi connectivity index (χ4n) is 6.40. The summed E-state index contributed by atoms with van der Waals surface area (Å²) in [4.78, 5) is 8.74. The molecule has 0 bridgehead atoms. The second kappa shape index (κ2) is 42.5. The molecular weight excluding hydrogens is 724 g/mol. The molecular formula is C50H80CuN2O2. The molecule has 2 aromatic rings. The first-order chi connectivity index (χ1) is 26.7. The average Bonchev–Trinajstić information content (AvgIpc) is 3.18. The van der Waals surface area contributed by atoms with Crippen LogP contribution in [0.5, 0.6) is 11.5 Å². The van der Waals surface area contributed by atoms with Gasteiger partial charge in [0.1, 0.15) is 0 Å². The van der Waals surface area contributed by atoms with Gasteiger partial charge in [-0.05, 0) is 75.3 Å². The van der Waals surface area contributed by atoms with E-state index in [0.29, 0.717) is 11.1 Å². The van der Waals surface area contributed by atoms with E-state index in [4.69, 9.17) is 0 Å². The Balaban J connectivity index is 0.00000104. The van der Waals surface area contributed by atoms with E-state index in [1.165, 1.54) is 167 Å². The van der Waals surface area contributed by atoms with E-state index >= 15 is 0 Å². The van der Waals surface area contributed by atoms with Crippen LogP contribution in [-0.2, 0) is 17.1 Å². The van der Waals surface area contributed by atoms with Crippen LogP contribution in [0.3, 0.4) is 0 Å². The van der Waals surface area contributed by atoms with Crippen molar-refractivity contribution in [2.75, 3.05) is 13.1 Å². The van der Waals surface area contributed by atoms with Crippen molar-refractivity contribution >= 4 is 12.4 Å². The maximum atomic E-state index is 11.5. The molecule has 0 spiro atoms. The van der Waals surface area contributed by atoms with E-state index in [-0.39, 0.29) is 28.6 Å². The minimum atomic E-state index is 0. The molecule has 0 aromatic heterocycles. The summed E-state index contributed by atoms with van der Waals surface area (Å²) in [7, 11) is 0. The predicted octanol–water partition coefficient (Wildman–Crippen LogP) is 14.4. The van der Waals surface area contributed by atoms with Crippen LogP contribution in [0.2, 0.25) is 0 Å². The zero-order valence-corrected chi connectivity index (χ0v) is 36.3. The smallest absolute Gasteiger partial charge is 0.872 e. The van der Waals surface area contributed by atoms with E-state index < -0.39 is 0 Å². The van der Waals surface area contributed by atoms with Crippen LogP contribution in [-0.4, -0.2) is 25.5 Å². The van der Waals surface area contributed by atoms with E-state index in [2.05, 4.69) is 48.1 Å². The van der Waals surface area contributed by atoms with Gasteiger partial charge in [0.15, 0.2) is 0 Å². The minimum absolute atomic E-state index is 0. The monoisotopic (exact) mass is 804 g/mol. The maximum Gasteiger partial charge on any atom is 2.00 e. The Bertz CT molecular complexity index is 1110. The Morgan fingerprint density at radius 1 is 0.382 bits per heavy atom. The standard InChI is InChI=1S/2C25H41NO.Cu/c2*1-2-3-4-5-6-7-8-9-10-11-12-13-14-15-16-19-22-26-23-24-20-17-18-21-25(24)27;/h2*9-10,17-18,20-21,23,27H,2-8,11-16,19,22H2,1H3;/q;;+2/p-2/b2*10-9-,26-23?;. The van der Waals surface area contributed by atoms with Gasteiger partial charge >= 0.3 is 17.1 Å². The molecule has 55 heavy (non-hydrogen) atoms. The molecule has 2 rings (SSSR count). The maximum absolute atomic E-state index is 11.5. The number of allylic oxidation sites excluding steroid dienone is 4. The first kappa shape index (κ1) is 52.4. The summed E-state index contributed by atoms with van der Waals surface area (Å²) in [5.41, 5.74) is 1.39. The number of rotatable bonds is 34. The summed E-state index contributed by atoms with van der Waals surface area (Å²) in [6.07, 6.45) is 50.0. The zero-order valence-electron chi connectivity index (χ0n) is 35.3. The molecule has 1 radical (unpaired) electrons. The predicted molar refractivity (Wildman–Crippen MR) is 236 cm³/mol. The van der Waals surface area contributed by atoms with Gasteiger partial charge in [0.2, 0.25) is 0 Å². The number of aliphatic imine (C=N–C) groups is 2. The fraction of sp³-hybridized carbons (Fsp3) is 0.640. The molecule has 0 amide bonds. The van der Waals surface area contributed by atoms with Crippen molar-refractivity contribution < 1.29 is 27.3 Å². The molecule has 0 N–H and O–H groups in total. The van der Waals surface area contributed by atoms with E-state index in [1.807, 2.05) is 24.3 Å². The Kier molecular flexibility index (Phi) is 40.5. The topological polar surface area (TPSA) is 70.8 Å².